The molecule has 19 heavy (non-hydrogen) atoms. The Kier molecular flexibility index (Phi) is 4.03. The number of amides is 2. The van der Waals surface area contributed by atoms with Crippen molar-refractivity contribution in [3.8, 4) is 0 Å². The minimum atomic E-state index is -0.836. The number of likely N-dealkylation sites (tertiary alicyclic amines) is 1. The van der Waals surface area contributed by atoms with E-state index in [1.807, 2.05) is 6.92 Å². The van der Waals surface area contributed by atoms with Crippen LogP contribution in [0.4, 0.5) is 4.79 Å². The quantitative estimate of drug-likeness (QED) is 0.759. The summed E-state index contributed by atoms with van der Waals surface area (Å²) in [7, 11) is 0. The number of carboxylic acid groups (broad SMARTS) is 1. The van der Waals surface area contributed by atoms with Gasteiger partial charge in [0.2, 0.25) is 0 Å². The van der Waals surface area contributed by atoms with Crippen molar-refractivity contribution < 1.29 is 14.7 Å². The van der Waals surface area contributed by atoms with Crippen LogP contribution in [0.1, 0.15) is 31.6 Å². The number of H-pyrrole nitrogens is 1. The number of carbonyl (C=O) groups is 2. The van der Waals surface area contributed by atoms with Gasteiger partial charge in [-0.2, -0.15) is 0 Å². The Morgan fingerprint density at radius 2 is 2.42 bits per heavy atom. The van der Waals surface area contributed by atoms with Crippen molar-refractivity contribution in [2.45, 2.75) is 25.8 Å². The number of aromatic nitrogens is 2. The molecular formula is C12H18N4O3. The fourth-order valence-corrected chi connectivity index (χ4v) is 2.22. The first-order valence-electron chi connectivity index (χ1n) is 6.35. The highest BCUT2D eigenvalue weighted by Crippen LogP contribution is 2.17. The molecule has 1 aromatic rings. The molecule has 0 aromatic carbocycles. The molecule has 7 heteroatoms. The monoisotopic (exact) mass is 266 g/mol. The summed E-state index contributed by atoms with van der Waals surface area (Å²) < 4.78 is 0. The van der Waals surface area contributed by atoms with Crippen LogP contribution in [-0.2, 0) is 4.79 Å². The van der Waals surface area contributed by atoms with E-state index < -0.39 is 11.9 Å². The van der Waals surface area contributed by atoms with Crippen LogP contribution in [0.2, 0.25) is 0 Å². The summed E-state index contributed by atoms with van der Waals surface area (Å²) in [5.41, 5.74) is 0. The molecule has 1 aromatic heterocycles. The fraction of sp³-hybridized carbons (Fsp3) is 0.583. The van der Waals surface area contributed by atoms with Crippen LogP contribution < -0.4 is 5.32 Å². The third-order valence-corrected chi connectivity index (χ3v) is 3.33. The molecule has 1 aliphatic rings. The van der Waals surface area contributed by atoms with E-state index in [1.165, 1.54) is 0 Å². The second kappa shape index (κ2) is 5.73. The van der Waals surface area contributed by atoms with Gasteiger partial charge in [-0.05, 0) is 19.8 Å². The molecule has 0 spiro atoms. The molecule has 2 heterocycles. The Labute approximate surface area is 111 Å². The Hall–Kier alpha value is -2.05. The van der Waals surface area contributed by atoms with E-state index in [1.54, 1.807) is 17.3 Å². The summed E-state index contributed by atoms with van der Waals surface area (Å²) in [6.45, 7) is 2.70. The van der Waals surface area contributed by atoms with Crippen molar-refractivity contribution in [3.05, 3.63) is 18.2 Å². The van der Waals surface area contributed by atoms with Gasteiger partial charge < -0.3 is 20.3 Å². The number of aliphatic carboxylic acids is 1. The summed E-state index contributed by atoms with van der Waals surface area (Å²) >= 11 is 0. The number of rotatable bonds is 3. The van der Waals surface area contributed by atoms with Gasteiger partial charge >= 0.3 is 12.0 Å². The number of hydrogen-bond donors (Lipinski definition) is 3. The lowest BCUT2D eigenvalue weighted by Crippen LogP contribution is -2.47. The Bertz CT molecular complexity index is 446. The summed E-state index contributed by atoms with van der Waals surface area (Å²) in [6.07, 6.45) is 4.67. The highest BCUT2D eigenvalue weighted by molar-refractivity contribution is 5.76. The standard InChI is InChI=1S/C12H18N4O3/c1-8(10-13-4-5-14-10)15-12(19)16-6-2-3-9(7-16)11(17)18/h4-5,8-9H,2-3,6-7H2,1H3,(H,13,14)(H,15,19)(H,17,18)/t8?,9-/m1/s1. The molecule has 2 atom stereocenters. The zero-order valence-electron chi connectivity index (χ0n) is 10.8. The van der Waals surface area contributed by atoms with Crippen LogP contribution in [0.3, 0.4) is 0 Å². The minimum Gasteiger partial charge on any atom is -0.481 e. The first kappa shape index (κ1) is 13.4. The molecule has 1 unspecified atom stereocenters. The maximum absolute atomic E-state index is 12.1. The van der Waals surface area contributed by atoms with E-state index in [0.29, 0.717) is 18.8 Å². The van der Waals surface area contributed by atoms with Crippen molar-refractivity contribution in [2.75, 3.05) is 13.1 Å². The van der Waals surface area contributed by atoms with E-state index in [2.05, 4.69) is 15.3 Å². The number of hydrogen-bond acceptors (Lipinski definition) is 3. The number of piperidine rings is 1. The van der Waals surface area contributed by atoms with Crippen molar-refractivity contribution >= 4 is 12.0 Å². The van der Waals surface area contributed by atoms with Crippen molar-refractivity contribution in [1.82, 2.24) is 20.2 Å². The predicted octanol–water partition coefficient (Wildman–Crippen LogP) is 0.977. The smallest absolute Gasteiger partial charge is 0.318 e. The Balaban J connectivity index is 1.91. The van der Waals surface area contributed by atoms with Crippen molar-refractivity contribution in [1.29, 1.82) is 0 Å². The molecule has 0 aliphatic carbocycles. The van der Waals surface area contributed by atoms with Gasteiger partial charge in [0, 0.05) is 25.5 Å². The number of urea groups is 1. The lowest BCUT2D eigenvalue weighted by molar-refractivity contribution is -0.143. The molecule has 2 rings (SSSR count). The molecular weight excluding hydrogens is 248 g/mol. The van der Waals surface area contributed by atoms with Gasteiger partial charge in [-0.1, -0.05) is 0 Å². The maximum atomic E-state index is 12.1. The predicted molar refractivity (Wildman–Crippen MR) is 67.5 cm³/mol. The van der Waals surface area contributed by atoms with E-state index in [4.69, 9.17) is 5.11 Å². The second-order valence-electron chi connectivity index (χ2n) is 4.77. The molecule has 0 bridgehead atoms. The fourth-order valence-electron chi connectivity index (χ4n) is 2.22. The van der Waals surface area contributed by atoms with Gasteiger partial charge in [0.05, 0.1) is 12.0 Å². The highest BCUT2D eigenvalue weighted by Gasteiger charge is 2.28. The number of carbonyl (C=O) groups excluding carboxylic acids is 1. The number of nitrogens with one attached hydrogen (secondary N) is 2. The van der Waals surface area contributed by atoms with Gasteiger partial charge in [0.25, 0.3) is 0 Å². The van der Waals surface area contributed by atoms with E-state index in [0.717, 1.165) is 6.42 Å². The van der Waals surface area contributed by atoms with Crippen molar-refractivity contribution in [2.24, 2.45) is 5.92 Å². The first-order chi connectivity index (χ1) is 9.08. The zero-order valence-corrected chi connectivity index (χ0v) is 10.8. The normalized spacial score (nSPS) is 20.9. The van der Waals surface area contributed by atoms with E-state index in [9.17, 15) is 9.59 Å². The average molecular weight is 266 g/mol. The number of nitrogens with zero attached hydrogens (tertiary/aromatic N) is 2. The van der Waals surface area contributed by atoms with Crippen LogP contribution in [0, 0.1) is 5.92 Å². The van der Waals surface area contributed by atoms with Crippen LogP contribution in [0.15, 0.2) is 12.4 Å². The van der Waals surface area contributed by atoms with Crippen LogP contribution in [0.25, 0.3) is 0 Å². The largest absolute Gasteiger partial charge is 0.481 e. The van der Waals surface area contributed by atoms with Crippen LogP contribution in [-0.4, -0.2) is 45.1 Å². The molecule has 3 N–H and O–H groups in total. The van der Waals surface area contributed by atoms with Crippen molar-refractivity contribution in [3.63, 3.8) is 0 Å². The Morgan fingerprint density at radius 3 is 3.05 bits per heavy atom. The lowest BCUT2D eigenvalue weighted by Gasteiger charge is -2.31. The summed E-state index contributed by atoms with van der Waals surface area (Å²) in [5.74, 6) is -0.616. The average Bonchev–Trinajstić information content (AvgIpc) is 2.92. The topological polar surface area (TPSA) is 98.3 Å². The van der Waals surface area contributed by atoms with Gasteiger partial charge in [-0.15, -0.1) is 0 Å². The molecule has 7 nitrogen and oxygen atoms in total. The van der Waals surface area contributed by atoms with E-state index in [-0.39, 0.29) is 18.6 Å². The van der Waals surface area contributed by atoms with Gasteiger partial charge in [0.1, 0.15) is 5.82 Å². The number of carboxylic acids is 1. The number of imidazole rings is 1. The third-order valence-electron chi connectivity index (χ3n) is 3.33. The Morgan fingerprint density at radius 1 is 1.63 bits per heavy atom. The molecule has 0 radical (unpaired) electrons. The molecule has 1 saturated heterocycles. The minimum absolute atomic E-state index is 0.229. The first-order valence-corrected chi connectivity index (χ1v) is 6.35. The van der Waals surface area contributed by atoms with Gasteiger partial charge in [-0.25, -0.2) is 9.78 Å². The third kappa shape index (κ3) is 3.24. The molecule has 0 saturated carbocycles. The van der Waals surface area contributed by atoms with Crippen LogP contribution in [0.5, 0.6) is 0 Å². The highest BCUT2D eigenvalue weighted by atomic mass is 16.4. The second-order valence-corrected chi connectivity index (χ2v) is 4.77. The summed E-state index contributed by atoms with van der Waals surface area (Å²) in [5, 5.41) is 11.8. The van der Waals surface area contributed by atoms with Crippen LogP contribution >= 0.6 is 0 Å². The van der Waals surface area contributed by atoms with E-state index >= 15 is 0 Å². The summed E-state index contributed by atoms with van der Waals surface area (Å²) in [6, 6.07) is -0.470. The van der Waals surface area contributed by atoms with Gasteiger partial charge in [0.15, 0.2) is 0 Å². The lowest BCUT2D eigenvalue weighted by atomic mass is 9.99. The molecule has 1 aliphatic heterocycles. The van der Waals surface area contributed by atoms with Gasteiger partial charge in [-0.3, -0.25) is 4.79 Å². The zero-order chi connectivity index (χ0) is 13.8. The molecule has 2 amide bonds. The summed E-state index contributed by atoms with van der Waals surface area (Å²) in [4.78, 5) is 31.6. The number of aromatic amines is 1. The SMILES string of the molecule is CC(NC(=O)N1CCC[C@@H](C(=O)O)C1)c1ncc[nH]1. The maximum Gasteiger partial charge on any atom is 0.318 e. The molecule has 1 fully saturated rings. The molecule has 104 valence electrons.